The van der Waals surface area contributed by atoms with Gasteiger partial charge in [0.25, 0.3) is 0 Å². The summed E-state index contributed by atoms with van der Waals surface area (Å²) in [6.07, 6.45) is 0. The van der Waals surface area contributed by atoms with Crippen LogP contribution in [-0.2, 0) is 6.54 Å². The quantitative estimate of drug-likeness (QED) is 0.884. The average molecular weight is 245 g/mol. The summed E-state index contributed by atoms with van der Waals surface area (Å²) in [7, 11) is 0. The Labute approximate surface area is 86.3 Å². The van der Waals surface area contributed by atoms with E-state index < -0.39 is 0 Å². The van der Waals surface area contributed by atoms with E-state index in [4.69, 9.17) is 4.52 Å². The summed E-state index contributed by atoms with van der Waals surface area (Å²) in [6.45, 7) is 9.12. The van der Waals surface area contributed by atoms with Gasteiger partial charge in [-0.3, -0.25) is 0 Å². The lowest BCUT2D eigenvalue weighted by molar-refractivity contribution is 0.392. The van der Waals surface area contributed by atoms with E-state index >= 15 is 0 Å². The Morgan fingerprint density at radius 1 is 1.62 bits per heavy atom. The number of nitrogens with zero attached hydrogens (tertiary/aromatic N) is 1. The molecule has 0 atom stereocenters. The summed E-state index contributed by atoms with van der Waals surface area (Å²) in [5, 5.41) is 7.09. The van der Waals surface area contributed by atoms with Gasteiger partial charge in [-0.2, -0.15) is 0 Å². The summed E-state index contributed by atoms with van der Waals surface area (Å²) in [6, 6.07) is 0. The smallest absolute Gasteiger partial charge is 0.138 e. The number of hydrogen-bond donors (Lipinski definition) is 1. The molecule has 4 heteroatoms. The van der Waals surface area contributed by atoms with Crippen molar-refractivity contribution in [1.29, 1.82) is 0 Å². The van der Waals surface area contributed by atoms with Crippen LogP contribution in [-0.4, -0.2) is 11.7 Å². The van der Waals surface area contributed by atoms with Gasteiger partial charge in [0.05, 0.1) is 5.69 Å². The molecule has 1 rings (SSSR count). The van der Waals surface area contributed by atoms with Crippen molar-refractivity contribution < 1.29 is 4.52 Å². The third kappa shape index (κ3) is 2.97. The second-order valence-electron chi connectivity index (χ2n) is 2.92. The van der Waals surface area contributed by atoms with Crippen molar-refractivity contribution in [2.75, 3.05) is 6.54 Å². The van der Waals surface area contributed by atoms with Crippen LogP contribution < -0.4 is 5.32 Å². The van der Waals surface area contributed by atoms with Crippen molar-refractivity contribution in [3.05, 3.63) is 28.1 Å². The maximum absolute atomic E-state index is 5.03. The van der Waals surface area contributed by atoms with E-state index in [2.05, 4.69) is 33.0 Å². The lowest BCUT2D eigenvalue weighted by atomic mass is 10.2. The Bertz CT molecular complexity index is 287. The number of rotatable bonds is 4. The fourth-order valence-electron chi connectivity index (χ4n) is 1.08. The molecule has 72 valence electrons. The van der Waals surface area contributed by atoms with Crippen molar-refractivity contribution in [1.82, 2.24) is 10.5 Å². The zero-order chi connectivity index (χ0) is 9.84. The van der Waals surface area contributed by atoms with Crippen molar-refractivity contribution in [3.63, 3.8) is 0 Å². The number of aryl methyl sites for hydroxylation is 2. The fourth-order valence-corrected chi connectivity index (χ4v) is 1.28. The van der Waals surface area contributed by atoms with Gasteiger partial charge in [-0.15, -0.1) is 0 Å². The molecule has 13 heavy (non-hydrogen) atoms. The lowest BCUT2D eigenvalue weighted by Crippen LogP contribution is -2.15. The topological polar surface area (TPSA) is 38.1 Å². The van der Waals surface area contributed by atoms with Gasteiger partial charge in [0, 0.05) is 23.1 Å². The van der Waals surface area contributed by atoms with Gasteiger partial charge in [0.2, 0.25) is 0 Å². The molecule has 1 N–H and O–H groups in total. The standard InChI is InChI=1S/C9H13BrN2O/c1-6(10)4-11-5-9-7(2)12-13-8(9)3/h11H,1,4-5H2,2-3H3. The molecule has 1 heterocycles. The molecule has 1 aromatic heterocycles. The van der Waals surface area contributed by atoms with Gasteiger partial charge in [-0.1, -0.05) is 27.7 Å². The molecule has 0 aromatic carbocycles. The predicted molar refractivity (Wildman–Crippen MR) is 55.8 cm³/mol. The molecule has 0 unspecified atom stereocenters. The van der Waals surface area contributed by atoms with Crippen molar-refractivity contribution in [2.45, 2.75) is 20.4 Å². The molecule has 0 amide bonds. The first-order valence-electron chi connectivity index (χ1n) is 4.07. The Hall–Kier alpha value is -0.610. The van der Waals surface area contributed by atoms with E-state index in [1.54, 1.807) is 0 Å². The second-order valence-corrected chi connectivity index (χ2v) is 4.05. The number of nitrogens with one attached hydrogen (secondary N) is 1. The molecule has 0 aliphatic rings. The molecule has 3 nitrogen and oxygen atoms in total. The molecule has 0 saturated heterocycles. The highest BCUT2D eigenvalue weighted by molar-refractivity contribution is 9.11. The fraction of sp³-hybridized carbons (Fsp3) is 0.444. The van der Waals surface area contributed by atoms with Crippen LogP contribution in [0.3, 0.4) is 0 Å². The minimum absolute atomic E-state index is 0.754. The second kappa shape index (κ2) is 4.58. The molecule has 0 spiro atoms. The van der Waals surface area contributed by atoms with E-state index in [9.17, 15) is 0 Å². The van der Waals surface area contributed by atoms with Crippen molar-refractivity contribution in [2.24, 2.45) is 0 Å². The molecule has 0 fully saturated rings. The highest BCUT2D eigenvalue weighted by Gasteiger charge is 2.07. The molecule has 0 bridgehead atoms. The van der Waals surface area contributed by atoms with Crippen LogP contribution in [0.15, 0.2) is 15.6 Å². The summed E-state index contributed by atoms with van der Waals surface area (Å²) >= 11 is 3.28. The molecule has 0 aliphatic carbocycles. The van der Waals surface area contributed by atoms with Gasteiger partial charge >= 0.3 is 0 Å². The molecular formula is C9H13BrN2O. The van der Waals surface area contributed by atoms with Crippen LogP contribution in [0.5, 0.6) is 0 Å². The third-order valence-electron chi connectivity index (χ3n) is 1.80. The highest BCUT2D eigenvalue weighted by atomic mass is 79.9. The Balaban J connectivity index is 2.49. The van der Waals surface area contributed by atoms with E-state index in [1.165, 1.54) is 0 Å². The average Bonchev–Trinajstić information content (AvgIpc) is 2.34. The van der Waals surface area contributed by atoms with Crippen LogP contribution in [0.2, 0.25) is 0 Å². The molecule has 0 aliphatic heterocycles. The highest BCUT2D eigenvalue weighted by Crippen LogP contribution is 2.11. The van der Waals surface area contributed by atoms with Gasteiger partial charge in [0.15, 0.2) is 0 Å². The number of hydrogen-bond acceptors (Lipinski definition) is 3. The maximum Gasteiger partial charge on any atom is 0.138 e. The van der Waals surface area contributed by atoms with Crippen LogP contribution in [0, 0.1) is 13.8 Å². The van der Waals surface area contributed by atoms with Crippen LogP contribution in [0.4, 0.5) is 0 Å². The lowest BCUT2D eigenvalue weighted by Gasteiger charge is -2.01. The Kier molecular flexibility index (Phi) is 3.69. The van der Waals surface area contributed by atoms with Crippen molar-refractivity contribution in [3.8, 4) is 0 Å². The largest absolute Gasteiger partial charge is 0.361 e. The SMILES string of the molecule is C=C(Br)CNCc1c(C)noc1C. The van der Waals surface area contributed by atoms with Crippen LogP contribution in [0.1, 0.15) is 17.0 Å². The molecule has 1 aromatic rings. The maximum atomic E-state index is 5.03. The number of halogens is 1. The van der Waals surface area contributed by atoms with E-state index in [-0.39, 0.29) is 0 Å². The summed E-state index contributed by atoms with van der Waals surface area (Å²) in [5.41, 5.74) is 2.08. The third-order valence-corrected chi connectivity index (χ3v) is 2.08. The Morgan fingerprint density at radius 2 is 2.31 bits per heavy atom. The van der Waals surface area contributed by atoms with E-state index in [0.29, 0.717) is 0 Å². The summed E-state index contributed by atoms with van der Waals surface area (Å²) in [5.74, 6) is 0.880. The summed E-state index contributed by atoms with van der Waals surface area (Å²) < 4.78 is 5.97. The van der Waals surface area contributed by atoms with Crippen LogP contribution >= 0.6 is 15.9 Å². The van der Waals surface area contributed by atoms with Crippen molar-refractivity contribution >= 4 is 15.9 Å². The zero-order valence-corrected chi connectivity index (χ0v) is 9.44. The normalized spacial score (nSPS) is 10.4. The van der Waals surface area contributed by atoms with Gasteiger partial charge in [0.1, 0.15) is 5.76 Å². The summed E-state index contributed by atoms with van der Waals surface area (Å²) in [4.78, 5) is 0. The molecule has 0 saturated carbocycles. The monoisotopic (exact) mass is 244 g/mol. The first-order chi connectivity index (χ1) is 6.11. The van der Waals surface area contributed by atoms with E-state index in [1.807, 2.05) is 13.8 Å². The van der Waals surface area contributed by atoms with Gasteiger partial charge in [-0.05, 0) is 13.8 Å². The zero-order valence-electron chi connectivity index (χ0n) is 7.85. The minimum Gasteiger partial charge on any atom is -0.361 e. The predicted octanol–water partition coefficient (Wildman–Crippen LogP) is 2.29. The molecular weight excluding hydrogens is 232 g/mol. The Morgan fingerprint density at radius 3 is 2.77 bits per heavy atom. The van der Waals surface area contributed by atoms with Gasteiger partial charge < -0.3 is 9.84 Å². The van der Waals surface area contributed by atoms with E-state index in [0.717, 1.165) is 34.6 Å². The first kappa shape index (κ1) is 10.5. The minimum atomic E-state index is 0.754. The number of aromatic nitrogens is 1. The van der Waals surface area contributed by atoms with Gasteiger partial charge in [-0.25, -0.2) is 0 Å². The van der Waals surface area contributed by atoms with Crippen LogP contribution in [0.25, 0.3) is 0 Å². The first-order valence-corrected chi connectivity index (χ1v) is 4.86. The molecule has 0 radical (unpaired) electrons.